The molecule has 0 spiro atoms. The second kappa shape index (κ2) is 6.96. The number of hydrogen-bond acceptors (Lipinski definition) is 4. The van der Waals surface area contributed by atoms with Crippen molar-refractivity contribution in [1.29, 1.82) is 0 Å². The number of ether oxygens (including phenoxy) is 2. The summed E-state index contributed by atoms with van der Waals surface area (Å²) in [5.74, 6) is 0.516. The van der Waals surface area contributed by atoms with Crippen LogP contribution in [0.3, 0.4) is 0 Å². The van der Waals surface area contributed by atoms with Gasteiger partial charge in [-0.3, -0.25) is 0 Å². The van der Waals surface area contributed by atoms with E-state index in [0.29, 0.717) is 24.8 Å². The topological polar surface area (TPSA) is 63.7 Å². The van der Waals surface area contributed by atoms with E-state index < -0.39 is 0 Å². The lowest BCUT2D eigenvalue weighted by atomic mass is 10.00. The third kappa shape index (κ3) is 4.10. The Kier molecular flexibility index (Phi) is 5.24. The monoisotopic (exact) mass is 307 g/mol. The molecule has 0 aromatic carbocycles. The Morgan fingerprint density at radius 3 is 2.73 bits per heavy atom. The highest BCUT2D eigenvalue weighted by molar-refractivity contribution is 5.89. The van der Waals surface area contributed by atoms with Gasteiger partial charge < -0.3 is 19.7 Å². The number of urea groups is 1. The summed E-state index contributed by atoms with van der Waals surface area (Å²) in [5.41, 5.74) is 0.924. The third-order valence-corrected chi connectivity index (χ3v) is 4.47. The van der Waals surface area contributed by atoms with Gasteiger partial charge in [0.25, 0.3) is 0 Å². The quantitative estimate of drug-likeness (QED) is 0.787. The molecule has 1 heterocycles. The number of methoxy groups -OCH3 is 1. The van der Waals surface area contributed by atoms with Gasteiger partial charge in [-0.1, -0.05) is 6.92 Å². The minimum absolute atomic E-state index is 0.115. The number of amides is 2. The highest BCUT2D eigenvalue weighted by atomic mass is 16.5. The van der Waals surface area contributed by atoms with Crippen molar-refractivity contribution in [3.8, 4) is 5.88 Å². The number of carbonyl (C=O) groups excluding carboxylic acids is 1. The molecule has 6 nitrogen and oxygen atoms in total. The first kappa shape index (κ1) is 16.5. The van der Waals surface area contributed by atoms with Gasteiger partial charge in [-0.25, -0.2) is 9.78 Å². The van der Waals surface area contributed by atoms with E-state index in [2.05, 4.69) is 24.1 Å². The highest BCUT2D eigenvalue weighted by Gasteiger charge is 2.45. The largest absolute Gasteiger partial charge is 0.475 e. The number of nitrogens with one attached hydrogen (secondary N) is 1. The molecule has 122 valence electrons. The van der Waals surface area contributed by atoms with Crippen LogP contribution in [0.2, 0.25) is 0 Å². The molecule has 1 aliphatic rings. The molecule has 2 amide bonds. The highest BCUT2D eigenvalue weighted by Crippen LogP contribution is 2.49. The molecular weight excluding hydrogens is 282 g/mol. The second-order valence-electron chi connectivity index (χ2n) is 6.10. The van der Waals surface area contributed by atoms with Crippen LogP contribution in [0.25, 0.3) is 0 Å². The minimum atomic E-state index is -0.115. The molecule has 1 aliphatic carbocycles. The van der Waals surface area contributed by atoms with Gasteiger partial charge >= 0.3 is 6.03 Å². The number of anilines is 1. The molecule has 0 saturated heterocycles. The first-order chi connectivity index (χ1) is 10.5. The number of rotatable bonds is 7. The van der Waals surface area contributed by atoms with Crippen molar-refractivity contribution in [3.05, 3.63) is 18.3 Å². The van der Waals surface area contributed by atoms with Gasteiger partial charge in [0, 0.05) is 26.3 Å². The average molecular weight is 307 g/mol. The predicted molar refractivity (Wildman–Crippen MR) is 85.2 cm³/mol. The number of aromatic nitrogens is 1. The fourth-order valence-electron chi connectivity index (χ4n) is 2.24. The maximum atomic E-state index is 12.3. The second-order valence-corrected chi connectivity index (χ2v) is 6.10. The normalized spacial score (nSPS) is 16.7. The van der Waals surface area contributed by atoms with Crippen LogP contribution in [0.4, 0.5) is 10.5 Å². The molecule has 1 N–H and O–H groups in total. The molecular formula is C16H25N3O3. The van der Waals surface area contributed by atoms with Crippen LogP contribution in [0.1, 0.15) is 26.7 Å². The summed E-state index contributed by atoms with van der Waals surface area (Å²) >= 11 is 0. The molecule has 0 aliphatic heterocycles. The SMILES string of the molecule is COCCOc1ccc(NC(=O)N(C)C(C)C2(C)CC2)cn1. The van der Waals surface area contributed by atoms with Crippen LogP contribution in [0, 0.1) is 5.41 Å². The van der Waals surface area contributed by atoms with E-state index >= 15 is 0 Å². The van der Waals surface area contributed by atoms with E-state index in [1.54, 1.807) is 30.3 Å². The van der Waals surface area contributed by atoms with Gasteiger partial charge in [-0.15, -0.1) is 0 Å². The van der Waals surface area contributed by atoms with Crippen LogP contribution in [0.15, 0.2) is 18.3 Å². The van der Waals surface area contributed by atoms with E-state index in [9.17, 15) is 4.79 Å². The molecule has 6 heteroatoms. The van der Waals surface area contributed by atoms with Crippen LogP contribution in [-0.2, 0) is 4.74 Å². The first-order valence-corrected chi connectivity index (χ1v) is 7.58. The van der Waals surface area contributed by atoms with Gasteiger partial charge in [0.2, 0.25) is 5.88 Å². The van der Waals surface area contributed by atoms with Crippen molar-refractivity contribution in [3.63, 3.8) is 0 Å². The summed E-state index contributed by atoms with van der Waals surface area (Å²) in [6.07, 6.45) is 3.96. The average Bonchev–Trinajstić information content (AvgIpc) is 3.26. The molecule has 1 atom stereocenters. The first-order valence-electron chi connectivity index (χ1n) is 7.58. The van der Waals surface area contributed by atoms with Crippen molar-refractivity contribution < 1.29 is 14.3 Å². The van der Waals surface area contributed by atoms with Crippen molar-refractivity contribution in [2.75, 3.05) is 32.7 Å². The molecule has 0 radical (unpaired) electrons. The van der Waals surface area contributed by atoms with Crippen molar-refractivity contribution >= 4 is 11.7 Å². The number of nitrogens with zero attached hydrogens (tertiary/aromatic N) is 2. The van der Waals surface area contributed by atoms with E-state index in [1.807, 2.05) is 7.05 Å². The standard InChI is InChI=1S/C16H25N3O3/c1-12(16(2)7-8-16)19(3)15(20)18-13-5-6-14(17-11-13)22-10-9-21-4/h5-6,11-12H,7-10H2,1-4H3,(H,18,20). The summed E-state index contributed by atoms with van der Waals surface area (Å²) in [7, 11) is 3.45. The summed E-state index contributed by atoms with van der Waals surface area (Å²) in [5, 5.41) is 2.86. The predicted octanol–water partition coefficient (Wildman–Crippen LogP) is 2.76. The molecule has 1 aromatic rings. The number of carbonyl (C=O) groups is 1. The third-order valence-electron chi connectivity index (χ3n) is 4.47. The lowest BCUT2D eigenvalue weighted by Gasteiger charge is -2.30. The molecule has 22 heavy (non-hydrogen) atoms. The fraction of sp³-hybridized carbons (Fsp3) is 0.625. The summed E-state index contributed by atoms with van der Waals surface area (Å²) in [6, 6.07) is 3.62. The Morgan fingerprint density at radius 1 is 1.45 bits per heavy atom. The van der Waals surface area contributed by atoms with Crippen LogP contribution in [0.5, 0.6) is 5.88 Å². The number of pyridine rings is 1. The molecule has 1 aromatic heterocycles. The summed E-state index contributed by atoms with van der Waals surface area (Å²) in [6.45, 7) is 5.28. The van der Waals surface area contributed by atoms with Crippen LogP contribution in [-0.4, -0.2) is 49.3 Å². The Bertz CT molecular complexity index is 500. The van der Waals surface area contributed by atoms with Crippen molar-refractivity contribution in [1.82, 2.24) is 9.88 Å². The van der Waals surface area contributed by atoms with E-state index in [1.165, 1.54) is 12.8 Å². The molecule has 0 bridgehead atoms. The molecule has 2 rings (SSSR count). The number of hydrogen-bond donors (Lipinski definition) is 1. The molecule has 1 fully saturated rings. The smallest absolute Gasteiger partial charge is 0.321 e. The van der Waals surface area contributed by atoms with Crippen LogP contribution >= 0.6 is 0 Å². The Morgan fingerprint density at radius 2 is 2.18 bits per heavy atom. The summed E-state index contributed by atoms with van der Waals surface area (Å²) < 4.78 is 10.3. The molecule has 1 saturated carbocycles. The van der Waals surface area contributed by atoms with Crippen LogP contribution < -0.4 is 10.1 Å². The summed E-state index contributed by atoms with van der Waals surface area (Å²) in [4.78, 5) is 18.2. The Labute approximate surface area is 131 Å². The van der Waals surface area contributed by atoms with Gasteiger partial charge in [0.05, 0.1) is 18.5 Å². The van der Waals surface area contributed by atoms with E-state index in [-0.39, 0.29) is 17.5 Å². The zero-order valence-corrected chi connectivity index (χ0v) is 13.8. The maximum Gasteiger partial charge on any atom is 0.321 e. The van der Waals surface area contributed by atoms with Gasteiger partial charge in [0.1, 0.15) is 6.61 Å². The molecule has 1 unspecified atom stereocenters. The van der Waals surface area contributed by atoms with E-state index in [4.69, 9.17) is 9.47 Å². The van der Waals surface area contributed by atoms with Gasteiger partial charge in [0.15, 0.2) is 0 Å². The lowest BCUT2D eigenvalue weighted by Crippen LogP contribution is -2.42. The lowest BCUT2D eigenvalue weighted by molar-refractivity contribution is 0.144. The van der Waals surface area contributed by atoms with Crippen molar-refractivity contribution in [2.45, 2.75) is 32.7 Å². The van der Waals surface area contributed by atoms with E-state index in [0.717, 1.165) is 0 Å². The zero-order valence-electron chi connectivity index (χ0n) is 13.8. The van der Waals surface area contributed by atoms with Gasteiger partial charge in [-0.2, -0.15) is 0 Å². The van der Waals surface area contributed by atoms with Gasteiger partial charge in [-0.05, 0) is 31.2 Å². The Balaban J connectivity index is 1.86. The fourth-order valence-corrected chi connectivity index (χ4v) is 2.24. The van der Waals surface area contributed by atoms with Crippen molar-refractivity contribution in [2.24, 2.45) is 5.41 Å². The Hall–Kier alpha value is -1.82. The minimum Gasteiger partial charge on any atom is -0.475 e. The maximum absolute atomic E-state index is 12.3. The zero-order chi connectivity index (χ0) is 16.2.